The number of piperidine rings is 1. The lowest BCUT2D eigenvalue weighted by atomic mass is 10.00. The summed E-state index contributed by atoms with van der Waals surface area (Å²) in [6.07, 6.45) is 6.86. The minimum atomic E-state index is 0.549. The Hall–Kier alpha value is -1.14. The van der Waals surface area contributed by atoms with E-state index in [0.717, 1.165) is 35.6 Å². The molecule has 6 heteroatoms. The quantitative estimate of drug-likeness (QED) is 0.930. The minimum Gasteiger partial charge on any atom is -0.336 e. The molecule has 0 aliphatic carbocycles. The van der Waals surface area contributed by atoms with Gasteiger partial charge in [-0.2, -0.15) is 4.98 Å². The summed E-state index contributed by atoms with van der Waals surface area (Å²) in [5.74, 6) is 0.859. The number of hydrogen-bond acceptors (Lipinski definition) is 4. The molecule has 2 aromatic heterocycles. The second-order valence-electron chi connectivity index (χ2n) is 5.27. The summed E-state index contributed by atoms with van der Waals surface area (Å²) in [6.45, 7) is 2.10. The van der Waals surface area contributed by atoms with Crippen molar-refractivity contribution < 1.29 is 0 Å². The summed E-state index contributed by atoms with van der Waals surface area (Å²) in [4.78, 5) is 7.08. The second kappa shape index (κ2) is 6.10. The fourth-order valence-corrected chi connectivity index (χ4v) is 3.28. The number of rotatable bonds is 4. The topological polar surface area (TPSA) is 45.5 Å². The van der Waals surface area contributed by atoms with Gasteiger partial charge < -0.3 is 10.2 Å². The van der Waals surface area contributed by atoms with E-state index in [4.69, 9.17) is 4.98 Å². The first kappa shape index (κ1) is 13.8. The van der Waals surface area contributed by atoms with E-state index in [1.54, 1.807) is 0 Å². The van der Waals surface area contributed by atoms with Gasteiger partial charge in [-0.15, -0.1) is 5.10 Å². The average molecular weight is 338 g/mol. The first-order valence-electron chi connectivity index (χ1n) is 7.22. The minimum absolute atomic E-state index is 0.549. The third kappa shape index (κ3) is 2.67. The van der Waals surface area contributed by atoms with Crippen LogP contribution in [0.4, 0.5) is 5.95 Å². The fourth-order valence-electron chi connectivity index (χ4n) is 2.86. The van der Waals surface area contributed by atoms with Crippen LogP contribution < -0.4 is 10.2 Å². The Balaban J connectivity index is 1.89. The van der Waals surface area contributed by atoms with Gasteiger partial charge in [-0.05, 0) is 67.3 Å². The van der Waals surface area contributed by atoms with E-state index in [9.17, 15) is 0 Å². The summed E-state index contributed by atoms with van der Waals surface area (Å²) in [7, 11) is 2.01. The Morgan fingerprint density at radius 1 is 1.45 bits per heavy atom. The van der Waals surface area contributed by atoms with Crippen molar-refractivity contribution in [1.82, 2.24) is 19.9 Å². The summed E-state index contributed by atoms with van der Waals surface area (Å²) < 4.78 is 2.84. The summed E-state index contributed by atoms with van der Waals surface area (Å²) in [5.41, 5.74) is 0.889. The van der Waals surface area contributed by atoms with Gasteiger partial charge in [0, 0.05) is 18.8 Å². The molecule has 1 N–H and O–H groups in total. The number of anilines is 1. The molecule has 0 radical (unpaired) electrons. The molecule has 1 atom stereocenters. The van der Waals surface area contributed by atoms with Gasteiger partial charge in [0.05, 0.1) is 4.47 Å². The highest BCUT2D eigenvalue weighted by Gasteiger charge is 2.25. The van der Waals surface area contributed by atoms with E-state index in [0.29, 0.717) is 6.04 Å². The lowest BCUT2D eigenvalue weighted by Crippen LogP contribution is -2.41. The molecular weight excluding hydrogens is 318 g/mol. The summed E-state index contributed by atoms with van der Waals surface area (Å²) in [6, 6.07) is 4.53. The van der Waals surface area contributed by atoms with Crippen LogP contribution in [0.25, 0.3) is 5.65 Å². The molecule has 0 bridgehead atoms. The number of halogens is 1. The number of hydrogen-bond donors (Lipinski definition) is 1. The molecule has 1 unspecified atom stereocenters. The lowest BCUT2D eigenvalue weighted by molar-refractivity contribution is 0.427. The van der Waals surface area contributed by atoms with Crippen LogP contribution in [-0.4, -0.2) is 40.8 Å². The van der Waals surface area contributed by atoms with Crippen LogP contribution in [0.2, 0.25) is 0 Å². The summed E-state index contributed by atoms with van der Waals surface area (Å²) >= 11 is 3.54. The molecule has 108 valence electrons. The Labute approximate surface area is 127 Å². The van der Waals surface area contributed by atoms with Gasteiger partial charge in [0.15, 0.2) is 5.65 Å². The highest BCUT2D eigenvalue weighted by atomic mass is 79.9. The average Bonchev–Trinajstić information content (AvgIpc) is 2.91. The highest BCUT2D eigenvalue weighted by molar-refractivity contribution is 9.10. The van der Waals surface area contributed by atoms with E-state index < -0.39 is 0 Å². The predicted octanol–water partition coefficient (Wildman–Crippen LogP) is 2.46. The first-order chi connectivity index (χ1) is 9.79. The zero-order chi connectivity index (χ0) is 13.9. The normalized spacial score (nSPS) is 19.7. The third-order valence-corrected chi connectivity index (χ3v) is 4.53. The van der Waals surface area contributed by atoms with E-state index in [-0.39, 0.29) is 0 Å². The van der Waals surface area contributed by atoms with Gasteiger partial charge in [0.25, 0.3) is 0 Å². The van der Waals surface area contributed by atoms with Crippen LogP contribution in [0.1, 0.15) is 25.7 Å². The number of nitrogens with zero attached hydrogens (tertiary/aromatic N) is 4. The van der Waals surface area contributed by atoms with Crippen molar-refractivity contribution in [2.45, 2.75) is 31.7 Å². The van der Waals surface area contributed by atoms with Crippen molar-refractivity contribution in [2.24, 2.45) is 0 Å². The van der Waals surface area contributed by atoms with E-state index in [2.05, 4.69) is 31.2 Å². The van der Waals surface area contributed by atoms with Crippen molar-refractivity contribution in [3.05, 3.63) is 22.8 Å². The van der Waals surface area contributed by atoms with Crippen LogP contribution in [0.3, 0.4) is 0 Å². The number of pyridine rings is 1. The SMILES string of the molecule is CNCCC1CCCCN1c1nc2c(Br)cccn2n1. The van der Waals surface area contributed by atoms with Crippen LogP contribution in [0.15, 0.2) is 22.8 Å². The molecule has 2 aromatic rings. The smallest absolute Gasteiger partial charge is 0.245 e. The number of aromatic nitrogens is 3. The van der Waals surface area contributed by atoms with Crippen LogP contribution in [-0.2, 0) is 0 Å². The molecule has 0 amide bonds. The Morgan fingerprint density at radius 2 is 2.35 bits per heavy atom. The second-order valence-corrected chi connectivity index (χ2v) is 6.13. The van der Waals surface area contributed by atoms with Crippen molar-refractivity contribution in [2.75, 3.05) is 25.0 Å². The maximum atomic E-state index is 4.70. The standard InChI is InChI=1S/C14H20BrN5/c1-16-8-7-11-5-2-3-9-19(11)14-17-13-12(15)6-4-10-20(13)18-14/h4,6,10-11,16H,2-3,5,7-9H2,1H3. The zero-order valence-electron chi connectivity index (χ0n) is 11.7. The third-order valence-electron chi connectivity index (χ3n) is 3.92. The molecule has 1 aliphatic rings. The van der Waals surface area contributed by atoms with Gasteiger partial charge >= 0.3 is 0 Å². The number of nitrogens with one attached hydrogen (secondary N) is 1. The largest absolute Gasteiger partial charge is 0.336 e. The Bertz CT molecular complexity index is 582. The molecule has 0 aromatic carbocycles. The van der Waals surface area contributed by atoms with Crippen molar-refractivity contribution in [3.8, 4) is 0 Å². The first-order valence-corrected chi connectivity index (χ1v) is 8.01. The molecule has 5 nitrogen and oxygen atoms in total. The van der Waals surface area contributed by atoms with Crippen molar-refractivity contribution in [3.63, 3.8) is 0 Å². The number of fused-ring (bicyclic) bond motifs is 1. The van der Waals surface area contributed by atoms with Crippen molar-refractivity contribution in [1.29, 1.82) is 0 Å². The summed E-state index contributed by atoms with van der Waals surface area (Å²) in [5, 5.41) is 7.88. The molecule has 3 rings (SSSR count). The van der Waals surface area contributed by atoms with Gasteiger partial charge in [-0.25, -0.2) is 4.52 Å². The Kier molecular flexibility index (Phi) is 4.21. The monoisotopic (exact) mass is 337 g/mol. The molecule has 1 aliphatic heterocycles. The van der Waals surface area contributed by atoms with Crippen molar-refractivity contribution >= 4 is 27.5 Å². The lowest BCUT2D eigenvalue weighted by Gasteiger charge is -2.35. The zero-order valence-corrected chi connectivity index (χ0v) is 13.3. The van der Waals surface area contributed by atoms with E-state index in [1.807, 2.05) is 29.9 Å². The highest BCUT2D eigenvalue weighted by Crippen LogP contribution is 2.25. The predicted molar refractivity (Wildman–Crippen MR) is 84.2 cm³/mol. The maximum Gasteiger partial charge on any atom is 0.245 e. The fraction of sp³-hybridized carbons (Fsp3) is 0.571. The molecule has 3 heterocycles. The van der Waals surface area contributed by atoms with E-state index in [1.165, 1.54) is 19.3 Å². The molecule has 20 heavy (non-hydrogen) atoms. The molecule has 1 saturated heterocycles. The van der Waals surface area contributed by atoms with Gasteiger partial charge in [0.1, 0.15) is 0 Å². The Morgan fingerprint density at radius 3 is 3.15 bits per heavy atom. The van der Waals surface area contributed by atoms with Gasteiger partial charge in [0.2, 0.25) is 5.95 Å². The van der Waals surface area contributed by atoms with Gasteiger partial charge in [-0.1, -0.05) is 0 Å². The van der Waals surface area contributed by atoms with Crippen LogP contribution in [0, 0.1) is 0 Å². The van der Waals surface area contributed by atoms with Crippen LogP contribution >= 0.6 is 15.9 Å². The molecular formula is C14H20BrN5. The molecule has 0 spiro atoms. The molecule has 0 saturated carbocycles. The van der Waals surface area contributed by atoms with E-state index >= 15 is 0 Å². The maximum absolute atomic E-state index is 4.70. The molecule has 1 fully saturated rings. The van der Waals surface area contributed by atoms with Gasteiger partial charge in [-0.3, -0.25) is 0 Å². The van der Waals surface area contributed by atoms with Crippen LogP contribution in [0.5, 0.6) is 0 Å².